The van der Waals surface area contributed by atoms with Crippen molar-refractivity contribution in [3.63, 3.8) is 0 Å². The van der Waals surface area contributed by atoms with E-state index in [0.29, 0.717) is 13.0 Å². The number of rotatable bonds is 4. The van der Waals surface area contributed by atoms with Crippen molar-refractivity contribution in [3.8, 4) is 11.8 Å². The third-order valence-electron chi connectivity index (χ3n) is 2.49. The Morgan fingerprint density at radius 3 is 3.07 bits per heavy atom. The number of Topliss-reactive ketones (excluding diaryl/α,β-unsaturated/α-hetero) is 1. The van der Waals surface area contributed by atoms with Crippen LogP contribution in [0, 0.1) is 11.8 Å². The zero-order chi connectivity index (χ0) is 11.1. The lowest BCUT2D eigenvalue weighted by Gasteiger charge is -2.31. The first kappa shape index (κ1) is 12.2. The molecule has 1 fully saturated rings. The van der Waals surface area contributed by atoms with Crippen LogP contribution in [-0.4, -0.2) is 43.0 Å². The average Bonchev–Trinajstić information content (AvgIpc) is 2.27. The molecule has 15 heavy (non-hydrogen) atoms. The van der Waals surface area contributed by atoms with Gasteiger partial charge in [0.15, 0.2) is 5.78 Å². The summed E-state index contributed by atoms with van der Waals surface area (Å²) in [5.74, 6) is 5.64. The van der Waals surface area contributed by atoms with Crippen LogP contribution in [0.5, 0.6) is 0 Å². The molecule has 0 aliphatic carbocycles. The second kappa shape index (κ2) is 6.60. The van der Waals surface area contributed by atoms with Crippen LogP contribution in [0.3, 0.4) is 0 Å². The topological polar surface area (TPSA) is 29.5 Å². The Morgan fingerprint density at radius 2 is 2.40 bits per heavy atom. The number of morpholine rings is 1. The number of carbonyl (C=O) groups excluding carboxylic acids is 1. The third-order valence-corrected chi connectivity index (χ3v) is 2.49. The number of ether oxygens (including phenoxy) is 1. The Labute approximate surface area is 91.8 Å². The van der Waals surface area contributed by atoms with Crippen molar-refractivity contribution >= 4 is 5.78 Å². The first-order valence-electron chi connectivity index (χ1n) is 5.54. The Hall–Kier alpha value is -0.850. The molecule has 84 valence electrons. The Bertz CT molecular complexity index is 263. The van der Waals surface area contributed by atoms with Gasteiger partial charge in [0, 0.05) is 13.1 Å². The van der Waals surface area contributed by atoms with Crippen LogP contribution in [0.2, 0.25) is 0 Å². The summed E-state index contributed by atoms with van der Waals surface area (Å²) in [5.41, 5.74) is 0. The molecule has 0 radical (unpaired) electrons. The molecule has 1 heterocycles. The minimum absolute atomic E-state index is 0.116. The molecule has 0 amide bonds. The van der Waals surface area contributed by atoms with E-state index < -0.39 is 0 Å². The normalized spacial score (nSPS) is 21.9. The molecule has 1 aliphatic rings. The van der Waals surface area contributed by atoms with Gasteiger partial charge in [0.05, 0.1) is 13.0 Å². The van der Waals surface area contributed by atoms with Crippen LogP contribution in [0.4, 0.5) is 0 Å². The van der Waals surface area contributed by atoms with Crippen molar-refractivity contribution in [3.05, 3.63) is 0 Å². The second-order valence-electron chi connectivity index (χ2n) is 3.73. The highest BCUT2D eigenvalue weighted by molar-refractivity contribution is 5.85. The van der Waals surface area contributed by atoms with E-state index >= 15 is 0 Å². The van der Waals surface area contributed by atoms with Gasteiger partial charge in [-0.3, -0.25) is 9.69 Å². The van der Waals surface area contributed by atoms with Gasteiger partial charge in [-0.15, -0.1) is 5.92 Å². The highest BCUT2D eigenvalue weighted by Crippen LogP contribution is 2.08. The van der Waals surface area contributed by atoms with Crippen molar-refractivity contribution in [2.45, 2.75) is 32.8 Å². The number of carbonyl (C=O) groups is 1. The van der Waals surface area contributed by atoms with Crippen LogP contribution in [0.1, 0.15) is 26.7 Å². The maximum absolute atomic E-state index is 11.7. The molecule has 1 aliphatic heterocycles. The quantitative estimate of drug-likeness (QED) is 0.649. The molecular weight excluding hydrogens is 190 g/mol. The Morgan fingerprint density at radius 1 is 1.60 bits per heavy atom. The second-order valence-corrected chi connectivity index (χ2v) is 3.73. The molecule has 1 saturated heterocycles. The summed E-state index contributed by atoms with van der Waals surface area (Å²) in [6.07, 6.45) is 1.18. The summed E-state index contributed by atoms with van der Waals surface area (Å²) in [5, 5.41) is 0. The third kappa shape index (κ3) is 4.03. The predicted molar refractivity (Wildman–Crippen MR) is 59.5 cm³/mol. The van der Waals surface area contributed by atoms with Gasteiger partial charge in [0.2, 0.25) is 0 Å². The van der Waals surface area contributed by atoms with Crippen LogP contribution in [0.15, 0.2) is 0 Å². The van der Waals surface area contributed by atoms with Gasteiger partial charge in [0.25, 0.3) is 0 Å². The molecule has 1 atom stereocenters. The van der Waals surface area contributed by atoms with E-state index in [1.165, 1.54) is 0 Å². The standard InChI is InChI=1S/C12H19NO2/c1-3-5-6-11(14)12-10-13(7-4-2)8-9-15-12/h12H,4,6-10H2,1-2H3. The minimum Gasteiger partial charge on any atom is -0.368 e. The lowest BCUT2D eigenvalue weighted by atomic mass is 10.1. The van der Waals surface area contributed by atoms with E-state index in [1.54, 1.807) is 6.92 Å². The number of hydrogen-bond acceptors (Lipinski definition) is 3. The van der Waals surface area contributed by atoms with E-state index in [0.717, 1.165) is 26.1 Å². The van der Waals surface area contributed by atoms with Crippen LogP contribution in [0.25, 0.3) is 0 Å². The monoisotopic (exact) mass is 209 g/mol. The van der Waals surface area contributed by atoms with Crippen molar-refractivity contribution in [2.24, 2.45) is 0 Å². The van der Waals surface area contributed by atoms with Crippen LogP contribution in [-0.2, 0) is 9.53 Å². The summed E-state index contributed by atoms with van der Waals surface area (Å²) >= 11 is 0. The molecule has 0 saturated carbocycles. The summed E-state index contributed by atoms with van der Waals surface area (Å²) in [6.45, 7) is 7.28. The molecule has 3 heteroatoms. The molecule has 1 rings (SSSR count). The molecule has 0 bridgehead atoms. The first-order chi connectivity index (χ1) is 7.27. The molecule has 3 nitrogen and oxygen atoms in total. The Kier molecular flexibility index (Phi) is 5.38. The van der Waals surface area contributed by atoms with Gasteiger partial charge in [0.1, 0.15) is 6.10 Å². The molecular formula is C12H19NO2. The molecule has 0 aromatic rings. The van der Waals surface area contributed by atoms with Gasteiger partial charge in [-0.05, 0) is 19.9 Å². The first-order valence-corrected chi connectivity index (χ1v) is 5.54. The van der Waals surface area contributed by atoms with Gasteiger partial charge < -0.3 is 4.74 Å². The van der Waals surface area contributed by atoms with Gasteiger partial charge >= 0.3 is 0 Å². The van der Waals surface area contributed by atoms with Gasteiger partial charge in [-0.25, -0.2) is 0 Å². The fourth-order valence-corrected chi connectivity index (χ4v) is 1.71. The van der Waals surface area contributed by atoms with E-state index in [1.807, 2.05) is 0 Å². The highest BCUT2D eigenvalue weighted by Gasteiger charge is 2.25. The van der Waals surface area contributed by atoms with Crippen molar-refractivity contribution in [2.75, 3.05) is 26.2 Å². The zero-order valence-electron chi connectivity index (χ0n) is 9.58. The van der Waals surface area contributed by atoms with E-state index in [-0.39, 0.29) is 11.9 Å². The highest BCUT2D eigenvalue weighted by atomic mass is 16.5. The number of nitrogens with zero attached hydrogens (tertiary/aromatic N) is 1. The predicted octanol–water partition coefficient (Wildman–Crippen LogP) is 1.08. The van der Waals surface area contributed by atoms with Crippen molar-refractivity contribution < 1.29 is 9.53 Å². The Balaban J connectivity index is 2.40. The average molecular weight is 209 g/mol. The van der Waals surface area contributed by atoms with E-state index in [9.17, 15) is 4.79 Å². The summed E-state index contributed by atoms with van der Waals surface area (Å²) in [6, 6.07) is 0. The smallest absolute Gasteiger partial charge is 0.174 e. The molecule has 0 aromatic heterocycles. The summed E-state index contributed by atoms with van der Waals surface area (Å²) < 4.78 is 5.45. The van der Waals surface area contributed by atoms with Gasteiger partial charge in [-0.2, -0.15) is 0 Å². The van der Waals surface area contributed by atoms with Crippen LogP contribution >= 0.6 is 0 Å². The molecule has 0 N–H and O–H groups in total. The summed E-state index contributed by atoms with van der Waals surface area (Å²) in [4.78, 5) is 13.9. The number of hydrogen-bond donors (Lipinski definition) is 0. The lowest BCUT2D eigenvalue weighted by Crippen LogP contribution is -2.46. The SMILES string of the molecule is CC#CCC(=O)C1CN(CCC)CCO1. The van der Waals surface area contributed by atoms with Crippen molar-refractivity contribution in [1.29, 1.82) is 0 Å². The number of ketones is 1. The van der Waals surface area contributed by atoms with Gasteiger partial charge in [-0.1, -0.05) is 12.8 Å². The lowest BCUT2D eigenvalue weighted by molar-refractivity contribution is -0.135. The molecule has 0 aromatic carbocycles. The zero-order valence-corrected chi connectivity index (χ0v) is 9.58. The van der Waals surface area contributed by atoms with Crippen LogP contribution < -0.4 is 0 Å². The maximum atomic E-state index is 11.7. The fourth-order valence-electron chi connectivity index (χ4n) is 1.71. The maximum Gasteiger partial charge on any atom is 0.174 e. The van der Waals surface area contributed by atoms with E-state index in [4.69, 9.17) is 4.74 Å². The summed E-state index contributed by atoms with van der Waals surface area (Å²) in [7, 11) is 0. The van der Waals surface area contributed by atoms with Crippen molar-refractivity contribution in [1.82, 2.24) is 4.90 Å². The molecule has 0 spiro atoms. The fraction of sp³-hybridized carbons (Fsp3) is 0.750. The minimum atomic E-state index is -0.258. The largest absolute Gasteiger partial charge is 0.368 e. The van der Waals surface area contributed by atoms with E-state index in [2.05, 4.69) is 23.7 Å². The molecule has 1 unspecified atom stereocenters.